The summed E-state index contributed by atoms with van der Waals surface area (Å²) in [7, 11) is 0. The lowest BCUT2D eigenvalue weighted by atomic mass is 9.98. The minimum atomic E-state index is 0.349. The summed E-state index contributed by atoms with van der Waals surface area (Å²) >= 11 is 0. The van der Waals surface area contributed by atoms with E-state index in [-0.39, 0.29) is 0 Å². The van der Waals surface area contributed by atoms with E-state index in [4.69, 9.17) is 11.1 Å². The van der Waals surface area contributed by atoms with Gasteiger partial charge in [0.05, 0.1) is 0 Å². The van der Waals surface area contributed by atoms with Gasteiger partial charge in [-0.1, -0.05) is 12.2 Å². The number of aliphatic imine (C=N–C) groups is 1. The van der Waals surface area contributed by atoms with Gasteiger partial charge in [0, 0.05) is 11.1 Å². The van der Waals surface area contributed by atoms with E-state index in [2.05, 4.69) is 11.1 Å². The highest BCUT2D eigenvalue weighted by molar-refractivity contribution is 6.20. The predicted molar refractivity (Wildman–Crippen MR) is 44.7 cm³/mol. The Balaban J connectivity index is 2.50. The zero-order valence-corrected chi connectivity index (χ0v) is 6.09. The molecule has 0 unspecified atom stereocenters. The van der Waals surface area contributed by atoms with E-state index in [1.54, 1.807) is 0 Å². The van der Waals surface area contributed by atoms with Crippen LogP contribution in [0.15, 0.2) is 28.3 Å². The summed E-state index contributed by atoms with van der Waals surface area (Å²) in [5.41, 5.74) is 7.54. The highest BCUT2D eigenvalue weighted by atomic mass is 14.9. The molecule has 0 aromatic heterocycles. The average Bonchev–Trinajstić information content (AvgIpc) is 2.30. The van der Waals surface area contributed by atoms with Crippen LogP contribution in [0.1, 0.15) is 12.8 Å². The number of allylic oxidation sites excluding steroid dienone is 1. The quantitative estimate of drug-likeness (QED) is 0.527. The first-order valence-corrected chi connectivity index (χ1v) is 3.62. The van der Waals surface area contributed by atoms with Crippen molar-refractivity contribution >= 4 is 11.7 Å². The van der Waals surface area contributed by atoms with Gasteiger partial charge in [0.15, 0.2) is 5.84 Å². The Morgan fingerprint density at radius 2 is 2.36 bits per heavy atom. The molecule has 0 saturated heterocycles. The summed E-state index contributed by atoms with van der Waals surface area (Å²) in [5.74, 6) is 0.850. The van der Waals surface area contributed by atoms with Crippen molar-refractivity contribution in [2.75, 3.05) is 0 Å². The molecule has 2 aliphatic rings. The highest BCUT2D eigenvalue weighted by Crippen LogP contribution is 2.24. The molecule has 1 aliphatic carbocycles. The van der Waals surface area contributed by atoms with Crippen LogP contribution in [0.2, 0.25) is 0 Å². The van der Waals surface area contributed by atoms with E-state index in [0.29, 0.717) is 11.7 Å². The van der Waals surface area contributed by atoms with Gasteiger partial charge >= 0.3 is 0 Å². The Morgan fingerprint density at radius 3 is 3.09 bits per heavy atom. The molecule has 3 nitrogen and oxygen atoms in total. The van der Waals surface area contributed by atoms with Crippen LogP contribution in [0.4, 0.5) is 0 Å². The number of nitrogens with zero attached hydrogens (tertiary/aromatic N) is 1. The van der Waals surface area contributed by atoms with E-state index in [0.717, 1.165) is 24.0 Å². The van der Waals surface area contributed by atoms with Gasteiger partial charge in [-0.25, -0.2) is 4.99 Å². The standard InChI is InChI=1S/C8H9N3/c9-7-5-3-1-2-4-6(5)8(10)11-7/h1,3H,2,4H2,(H3,9,10,11). The summed E-state index contributed by atoms with van der Waals surface area (Å²) in [6.07, 6.45) is 5.94. The first kappa shape index (κ1) is 6.34. The monoisotopic (exact) mass is 147 g/mol. The first-order valence-electron chi connectivity index (χ1n) is 3.62. The van der Waals surface area contributed by atoms with Crippen molar-refractivity contribution in [3.8, 4) is 0 Å². The van der Waals surface area contributed by atoms with Crippen molar-refractivity contribution in [3.63, 3.8) is 0 Å². The molecule has 0 atom stereocenters. The molecular formula is C8H9N3. The molecule has 3 N–H and O–H groups in total. The smallest absolute Gasteiger partial charge is 0.150 e. The van der Waals surface area contributed by atoms with Crippen LogP contribution in [-0.4, -0.2) is 11.7 Å². The third-order valence-corrected chi connectivity index (χ3v) is 1.96. The highest BCUT2D eigenvalue weighted by Gasteiger charge is 2.21. The van der Waals surface area contributed by atoms with Crippen LogP contribution in [0.5, 0.6) is 0 Å². The van der Waals surface area contributed by atoms with E-state index in [1.165, 1.54) is 0 Å². The maximum absolute atomic E-state index is 7.44. The zero-order chi connectivity index (χ0) is 7.84. The minimum Gasteiger partial charge on any atom is -0.383 e. The SMILES string of the molecule is N=C1N=C(N)C2=C1CCC=C2. The Morgan fingerprint density at radius 1 is 1.55 bits per heavy atom. The lowest BCUT2D eigenvalue weighted by molar-refractivity contribution is 0.995. The molecule has 11 heavy (non-hydrogen) atoms. The van der Waals surface area contributed by atoms with Crippen molar-refractivity contribution in [2.45, 2.75) is 12.8 Å². The minimum absolute atomic E-state index is 0.349. The van der Waals surface area contributed by atoms with Crippen molar-refractivity contribution in [3.05, 3.63) is 23.3 Å². The Labute approximate surface area is 64.8 Å². The van der Waals surface area contributed by atoms with Gasteiger partial charge < -0.3 is 5.73 Å². The second-order valence-corrected chi connectivity index (χ2v) is 2.68. The van der Waals surface area contributed by atoms with Gasteiger partial charge in [-0.3, -0.25) is 5.41 Å². The van der Waals surface area contributed by atoms with Crippen molar-refractivity contribution in [2.24, 2.45) is 10.7 Å². The molecule has 0 saturated carbocycles. The number of amidine groups is 2. The molecule has 0 amide bonds. The van der Waals surface area contributed by atoms with Crippen LogP contribution in [-0.2, 0) is 0 Å². The predicted octanol–water partition coefficient (Wildman–Crippen LogP) is 0.981. The largest absolute Gasteiger partial charge is 0.383 e. The molecule has 56 valence electrons. The molecule has 3 heteroatoms. The van der Waals surface area contributed by atoms with E-state index in [1.807, 2.05) is 6.08 Å². The van der Waals surface area contributed by atoms with Crippen LogP contribution >= 0.6 is 0 Å². The fourth-order valence-electron chi connectivity index (χ4n) is 1.40. The topological polar surface area (TPSA) is 62.2 Å². The maximum atomic E-state index is 7.44. The third kappa shape index (κ3) is 0.808. The second-order valence-electron chi connectivity index (χ2n) is 2.68. The van der Waals surface area contributed by atoms with Gasteiger partial charge in [0.2, 0.25) is 0 Å². The zero-order valence-electron chi connectivity index (χ0n) is 6.09. The van der Waals surface area contributed by atoms with Crippen molar-refractivity contribution < 1.29 is 0 Å². The molecule has 0 spiro atoms. The molecule has 0 bridgehead atoms. The molecule has 0 aromatic rings. The number of nitrogens with two attached hydrogens (primary N) is 1. The second kappa shape index (κ2) is 2.05. The normalized spacial score (nSPS) is 22.2. The summed E-state index contributed by atoms with van der Waals surface area (Å²) < 4.78 is 0. The van der Waals surface area contributed by atoms with Gasteiger partial charge in [-0.15, -0.1) is 0 Å². The van der Waals surface area contributed by atoms with Gasteiger partial charge in [-0.05, 0) is 12.8 Å². The Hall–Kier alpha value is -1.38. The summed E-state index contributed by atoms with van der Waals surface area (Å²) in [4.78, 5) is 3.89. The molecule has 1 heterocycles. The third-order valence-electron chi connectivity index (χ3n) is 1.96. The van der Waals surface area contributed by atoms with Gasteiger partial charge in [-0.2, -0.15) is 0 Å². The molecule has 0 fully saturated rings. The summed E-state index contributed by atoms with van der Waals surface area (Å²) in [5, 5.41) is 7.44. The van der Waals surface area contributed by atoms with Crippen molar-refractivity contribution in [1.29, 1.82) is 5.41 Å². The Kier molecular flexibility index (Phi) is 1.18. The Bertz CT molecular complexity index is 307. The van der Waals surface area contributed by atoms with Crippen LogP contribution in [0.3, 0.4) is 0 Å². The molecule has 1 aliphatic heterocycles. The molecule has 0 aromatic carbocycles. The lowest BCUT2D eigenvalue weighted by Gasteiger charge is -2.06. The number of rotatable bonds is 0. The van der Waals surface area contributed by atoms with E-state index >= 15 is 0 Å². The van der Waals surface area contributed by atoms with E-state index < -0.39 is 0 Å². The fraction of sp³-hybridized carbons (Fsp3) is 0.250. The maximum Gasteiger partial charge on any atom is 0.150 e. The average molecular weight is 147 g/mol. The van der Waals surface area contributed by atoms with Gasteiger partial charge in [0.25, 0.3) is 0 Å². The van der Waals surface area contributed by atoms with Gasteiger partial charge in [0.1, 0.15) is 5.84 Å². The van der Waals surface area contributed by atoms with Crippen molar-refractivity contribution in [1.82, 2.24) is 0 Å². The summed E-state index contributed by atoms with van der Waals surface area (Å²) in [6, 6.07) is 0. The van der Waals surface area contributed by atoms with Crippen LogP contribution in [0.25, 0.3) is 0 Å². The number of hydrogen-bond acceptors (Lipinski definition) is 2. The fourth-order valence-corrected chi connectivity index (χ4v) is 1.40. The van der Waals surface area contributed by atoms with Crippen LogP contribution in [0, 0.1) is 5.41 Å². The number of nitrogens with one attached hydrogen (secondary N) is 1. The van der Waals surface area contributed by atoms with E-state index in [9.17, 15) is 0 Å². The van der Waals surface area contributed by atoms with Crippen LogP contribution < -0.4 is 5.73 Å². The molecular weight excluding hydrogens is 138 g/mol. The number of hydrogen-bond donors (Lipinski definition) is 2. The first-order chi connectivity index (χ1) is 5.29. The summed E-state index contributed by atoms with van der Waals surface area (Å²) in [6.45, 7) is 0. The lowest BCUT2D eigenvalue weighted by Crippen LogP contribution is -2.11. The molecule has 0 radical (unpaired) electrons. The molecule has 2 rings (SSSR count).